The first-order valence-corrected chi connectivity index (χ1v) is 13.3. The van der Waals surface area contributed by atoms with E-state index in [1.165, 1.54) is 18.2 Å². The molecule has 0 aliphatic carbocycles. The number of carboxylic acid groups (broad SMARTS) is 2. The van der Waals surface area contributed by atoms with Gasteiger partial charge in [-0.2, -0.15) is 0 Å². The molecule has 14 nitrogen and oxygen atoms in total. The number of urea groups is 1. The van der Waals surface area contributed by atoms with Crippen LogP contribution in [0.15, 0.2) is 77.2 Å². The highest BCUT2D eigenvalue weighted by Gasteiger charge is 2.33. The lowest BCUT2D eigenvalue weighted by Gasteiger charge is -2.30. The molecule has 3 amide bonds. The van der Waals surface area contributed by atoms with E-state index < -0.39 is 22.9 Å². The van der Waals surface area contributed by atoms with Gasteiger partial charge in [0, 0.05) is 61.7 Å². The predicted molar refractivity (Wildman–Crippen MR) is 155 cm³/mol. The van der Waals surface area contributed by atoms with Crippen LogP contribution in [0.3, 0.4) is 0 Å². The van der Waals surface area contributed by atoms with Crippen molar-refractivity contribution in [3.05, 3.63) is 88.7 Å². The number of furan rings is 1. The third-order valence-corrected chi connectivity index (χ3v) is 6.88. The molecule has 3 aromatic rings. The zero-order valence-corrected chi connectivity index (χ0v) is 22.8. The normalized spacial score (nSPS) is 17.3. The summed E-state index contributed by atoms with van der Waals surface area (Å²) in [6.07, 6.45) is 3.11. The van der Waals surface area contributed by atoms with Crippen LogP contribution in [0, 0.1) is 10.1 Å². The largest absolute Gasteiger partial charge is 0.478 e. The minimum Gasteiger partial charge on any atom is -0.478 e. The average Bonchev–Trinajstić information content (AvgIpc) is 3.29. The highest BCUT2D eigenvalue weighted by molar-refractivity contribution is 6.01. The molecule has 43 heavy (non-hydrogen) atoms. The van der Waals surface area contributed by atoms with Crippen molar-refractivity contribution >= 4 is 40.9 Å². The Hall–Kier alpha value is -5.50. The van der Waals surface area contributed by atoms with Crippen LogP contribution in [0.25, 0.3) is 11.3 Å². The summed E-state index contributed by atoms with van der Waals surface area (Å²) in [5, 5.41) is 31.9. The molecule has 6 rings (SSSR count). The fourth-order valence-electron chi connectivity index (χ4n) is 4.79. The van der Waals surface area contributed by atoms with Crippen molar-refractivity contribution in [2.75, 3.05) is 36.8 Å². The van der Waals surface area contributed by atoms with Crippen LogP contribution in [0.1, 0.15) is 23.4 Å². The summed E-state index contributed by atoms with van der Waals surface area (Å²) in [5.74, 6) is -1.70. The van der Waals surface area contributed by atoms with Crippen LogP contribution in [-0.2, 0) is 9.59 Å². The Morgan fingerprint density at radius 2 is 1.51 bits per heavy atom. The molecule has 3 saturated heterocycles. The third kappa shape index (κ3) is 8.27. The van der Waals surface area contributed by atoms with E-state index in [1.807, 2.05) is 4.90 Å². The van der Waals surface area contributed by atoms with Gasteiger partial charge >= 0.3 is 18.0 Å². The van der Waals surface area contributed by atoms with Gasteiger partial charge in [0.25, 0.3) is 11.6 Å². The van der Waals surface area contributed by atoms with E-state index in [9.17, 15) is 29.3 Å². The van der Waals surface area contributed by atoms with E-state index in [-0.39, 0.29) is 23.3 Å². The van der Waals surface area contributed by atoms with Crippen molar-refractivity contribution in [3.63, 3.8) is 0 Å². The zero-order chi connectivity index (χ0) is 30.9. The molecule has 14 heteroatoms. The molecular formula is C29H29N5O9. The Kier molecular flexibility index (Phi) is 9.85. The first-order chi connectivity index (χ1) is 20.6. The highest BCUT2D eigenvalue weighted by Crippen LogP contribution is 2.28. The first kappa shape index (κ1) is 30.5. The van der Waals surface area contributed by atoms with E-state index in [2.05, 4.69) is 15.5 Å². The van der Waals surface area contributed by atoms with Crippen molar-refractivity contribution in [3.8, 4) is 11.3 Å². The number of benzene rings is 2. The summed E-state index contributed by atoms with van der Waals surface area (Å²) in [7, 11) is 0. The van der Waals surface area contributed by atoms with Gasteiger partial charge in [-0.25, -0.2) is 14.4 Å². The Bertz CT molecular complexity index is 1510. The number of carbonyl (C=O) groups excluding carboxylic acids is 2. The van der Waals surface area contributed by atoms with Crippen LogP contribution in [0.2, 0.25) is 0 Å². The summed E-state index contributed by atoms with van der Waals surface area (Å²) in [6, 6.07) is 16.0. The molecule has 3 aliphatic rings. The molecule has 224 valence electrons. The number of para-hydroxylation sites is 2. The number of rotatable bonds is 7. The summed E-state index contributed by atoms with van der Waals surface area (Å²) in [4.78, 5) is 59.4. The summed E-state index contributed by atoms with van der Waals surface area (Å²) in [6.45, 7) is 3.70. The van der Waals surface area contributed by atoms with E-state index in [0.717, 1.165) is 38.0 Å². The monoisotopic (exact) mass is 591 g/mol. The maximum atomic E-state index is 13.1. The molecule has 2 bridgehead atoms. The van der Waals surface area contributed by atoms with Gasteiger partial charge in [-0.1, -0.05) is 12.1 Å². The second-order valence-corrected chi connectivity index (χ2v) is 9.68. The lowest BCUT2D eigenvalue weighted by molar-refractivity contribution is -0.383. The van der Waals surface area contributed by atoms with E-state index in [4.69, 9.17) is 14.6 Å². The Labute approximate surface area is 245 Å². The number of nitrogens with one attached hydrogen (secondary N) is 2. The van der Waals surface area contributed by atoms with Crippen LogP contribution < -0.4 is 10.6 Å². The SMILES string of the molecule is O=C(Nc1ccc(-c2ccc(C(=O)N3CCN4CCC3CC4)o2)cc1)Nc1ccccc1[N+](=O)[O-].O=C(O)/C=C/C(=O)O. The predicted octanol–water partition coefficient (Wildman–Crippen LogP) is 4.13. The highest BCUT2D eigenvalue weighted by atomic mass is 16.6. The van der Waals surface area contributed by atoms with Crippen LogP contribution in [0.5, 0.6) is 0 Å². The Morgan fingerprint density at radius 1 is 0.860 bits per heavy atom. The number of aliphatic carboxylic acids is 2. The van der Waals surface area contributed by atoms with Gasteiger partial charge in [-0.05, 0) is 55.3 Å². The number of anilines is 2. The number of carbonyl (C=O) groups is 4. The van der Waals surface area contributed by atoms with E-state index >= 15 is 0 Å². The number of nitro groups is 1. The van der Waals surface area contributed by atoms with Crippen LogP contribution in [-0.4, -0.2) is 81.0 Å². The van der Waals surface area contributed by atoms with E-state index in [0.29, 0.717) is 35.9 Å². The molecule has 0 unspecified atom stereocenters. The number of piperidine rings is 1. The number of hydrogen-bond donors (Lipinski definition) is 4. The lowest BCUT2D eigenvalue weighted by atomic mass is 10.1. The third-order valence-electron chi connectivity index (χ3n) is 6.88. The van der Waals surface area contributed by atoms with Crippen molar-refractivity contribution in [1.82, 2.24) is 9.80 Å². The van der Waals surface area contributed by atoms with Gasteiger partial charge in [-0.15, -0.1) is 0 Å². The smallest absolute Gasteiger partial charge is 0.328 e. The van der Waals surface area contributed by atoms with Crippen LogP contribution in [0.4, 0.5) is 21.9 Å². The van der Waals surface area contributed by atoms with Crippen LogP contribution >= 0.6 is 0 Å². The second-order valence-electron chi connectivity index (χ2n) is 9.68. The van der Waals surface area contributed by atoms with Gasteiger partial charge in [0.2, 0.25) is 0 Å². The quantitative estimate of drug-likeness (QED) is 0.176. The number of nitrogens with zero attached hydrogens (tertiary/aromatic N) is 3. The topological polar surface area (TPSA) is 196 Å². The summed E-state index contributed by atoms with van der Waals surface area (Å²) in [5.41, 5.74) is 1.18. The average molecular weight is 592 g/mol. The second kappa shape index (κ2) is 13.9. The molecule has 3 aliphatic heterocycles. The Balaban J connectivity index is 0.000000467. The first-order valence-electron chi connectivity index (χ1n) is 13.3. The molecule has 0 spiro atoms. The maximum absolute atomic E-state index is 13.1. The van der Waals surface area contributed by atoms with Gasteiger partial charge in [-0.3, -0.25) is 14.9 Å². The van der Waals surface area contributed by atoms with E-state index in [1.54, 1.807) is 42.5 Å². The molecule has 1 aromatic heterocycles. The molecule has 0 radical (unpaired) electrons. The number of nitro benzene ring substituents is 1. The number of carboxylic acids is 2. The van der Waals surface area contributed by atoms with Gasteiger partial charge in [0.05, 0.1) is 4.92 Å². The minimum absolute atomic E-state index is 0.0741. The fraction of sp³-hybridized carbons (Fsp3) is 0.241. The van der Waals surface area contributed by atoms with Crippen molar-refractivity contribution in [1.29, 1.82) is 0 Å². The number of amides is 3. The summed E-state index contributed by atoms with van der Waals surface area (Å²) >= 11 is 0. The van der Waals surface area contributed by atoms with Gasteiger partial charge in [0.1, 0.15) is 11.4 Å². The molecule has 0 saturated carbocycles. The maximum Gasteiger partial charge on any atom is 0.328 e. The summed E-state index contributed by atoms with van der Waals surface area (Å²) < 4.78 is 5.90. The van der Waals surface area contributed by atoms with Crippen molar-refractivity contribution < 1.29 is 38.7 Å². The van der Waals surface area contributed by atoms with Crippen molar-refractivity contribution in [2.24, 2.45) is 0 Å². The lowest BCUT2D eigenvalue weighted by Crippen LogP contribution is -2.41. The Morgan fingerprint density at radius 3 is 2.14 bits per heavy atom. The molecule has 4 heterocycles. The molecular weight excluding hydrogens is 562 g/mol. The molecule has 4 N–H and O–H groups in total. The minimum atomic E-state index is -1.26. The number of fused-ring (bicyclic) bond motifs is 4. The van der Waals surface area contributed by atoms with Crippen molar-refractivity contribution in [2.45, 2.75) is 18.9 Å². The standard InChI is InChI=1S/C25H25N5O5.C4H4O4/c31-24(29-16-15-28-13-11-19(29)12-14-28)23-10-9-22(35-23)17-5-7-18(8-6-17)26-25(32)27-20-3-1-2-4-21(20)30(33)34;5-3(6)1-2-4(7)8/h1-10,19H,11-16H2,(H2,26,27,32);1-2H,(H,5,6)(H,7,8)/b;2-1+. The van der Waals surface area contributed by atoms with Gasteiger partial charge < -0.3 is 35.1 Å². The molecule has 3 fully saturated rings. The molecule has 2 aromatic carbocycles. The fourth-order valence-corrected chi connectivity index (χ4v) is 4.79. The molecule has 0 atom stereocenters. The zero-order valence-electron chi connectivity index (χ0n) is 22.8. The number of hydrogen-bond acceptors (Lipinski definition) is 8. The van der Waals surface area contributed by atoms with Gasteiger partial charge in [0.15, 0.2) is 5.76 Å².